The van der Waals surface area contributed by atoms with Crippen molar-refractivity contribution in [3.05, 3.63) is 11.8 Å². The molecule has 2 aliphatic rings. The zero-order chi connectivity index (χ0) is 13.3. The molecule has 1 spiro atoms. The minimum atomic E-state index is -0.0173. The molecule has 1 aromatic rings. The molecule has 0 aromatic carbocycles. The van der Waals surface area contributed by atoms with Crippen molar-refractivity contribution in [2.24, 2.45) is 5.41 Å². The second-order valence-electron chi connectivity index (χ2n) is 5.76. The van der Waals surface area contributed by atoms with E-state index in [1.54, 1.807) is 13.0 Å². The van der Waals surface area contributed by atoms with E-state index in [0.29, 0.717) is 23.5 Å². The normalized spacial score (nSPS) is 27.2. The van der Waals surface area contributed by atoms with Crippen LogP contribution in [-0.2, 0) is 4.79 Å². The van der Waals surface area contributed by atoms with Crippen molar-refractivity contribution < 1.29 is 9.32 Å². The summed E-state index contributed by atoms with van der Waals surface area (Å²) in [5.41, 5.74) is 0.407. The van der Waals surface area contributed by atoms with Crippen molar-refractivity contribution in [1.29, 1.82) is 0 Å². The van der Waals surface area contributed by atoms with Gasteiger partial charge in [-0.05, 0) is 38.3 Å². The first-order valence-corrected chi connectivity index (χ1v) is 6.82. The molecule has 0 aliphatic carbocycles. The number of nitrogens with zero attached hydrogens (tertiary/aromatic N) is 2. The summed E-state index contributed by atoms with van der Waals surface area (Å²) in [5, 5.41) is 9.96. The van der Waals surface area contributed by atoms with Gasteiger partial charge in [-0.1, -0.05) is 5.16 Å². The standard InChI is InChI=1S/C13H20N4O2/c1-10-6-11(16-19-10)15-12(18)7-17-5-3-13(9-17)2-4-14-8-13/h6,14H,2-5,7-9H2,1H3,(H,15,16,18). The fourth-order valence-corrected chi connectivity index (χ4v) is 3.12. The summed E-state index contributed by atoms with van der Waals surface area (Å²) >= 11 is 0. The van der Waals surface area contributed by atoms with Crippen molar-refractivity contribution >= 4 is 11.7 Å². The van der Waals surface area contributed by atoms with Crippen molar-refractivity contribution in [1.82, 2.24) is 15.4 Å². The molecular weight excluding hydrogens is 244 g/mol. The third-order valence-corrected chi connectivity index (χ3v) is 4.11. The Balaban J connectivity index is 1.50. The summed E-state index contributed by atoms with van der Waals surface area (Å²) in [6.45, 7) is 6.47. The van der Waals surface area contributed by atoms with E-state index in [9.17, 15) is 4.79 Å². The van der Waals surface area contributed by atoms with Crippen LogP contribution in [0, 0.1) is 12.3 Å². The number of aryl methyl sites for hydroxylation is 1. The first kappa shape index (κ1) is 12.6. The number of hydrogen-bond donors (Lipinski definition) is 2. The zero-order valence-electron chi connectivity index (χ0n) is 11.2. The summed E-state index contributed by atoms with van der Waals surface area (Å²) in [6.07, 6.45) is 2.42. The maximum absolute atomic E-state index is 11.9. The summed E-state index contributed by atoms with van der Waals surface area (Å²) in [4.78, 5) is 14.2. The molecule has 0 saturated carbocycles. The second-order valence-corrected chi connectivity index (χ2v) is 5.76. The van der Waals surface area contributed by atoms with Gasteiger partial charge >= 0.3 is 0 Å². The predicted molar refractivity (Wildman–Crippen MR) is 70.8 cm³/mol. The fourth-order valence-electron chi connectivity index (χ4n) is 3.12. The number of nitrogens with one attached hydrogen (secondary N) is 2. The molecule has 2 saturated heterocycles. The van der Waals surface area contributed by atoms with E-state index in [4.69, 9.17) is 4.52 Å². The molecule has 19 heavy (non-hydrogen) atoms. The van der Waals surface area contributed by atoms with Gasteiger partial charge in [0.2, 0.25) is 5.91 Å². The van der Waals surface area contributed by atoms with Crippen LogP contribution in [0.5, 0.6) is 0 Å². The Bertz CT molecular complexity index is 465. The van der Waals surface area contributed by atoms with Crippen molar-refractivity contribution in [2.45, 2.75) is 19.8 Å². The summed E-state index contributed by atoms with van der Waals surface area (Å²) in [5.74, 6) is 1.18. The molecular formula is C13H20N4O2. The molecule has 3 heterocycles. The fraction of sp³-hybridized carbons (Fsp3) is 0.692. The highest BCUT2D eigenvalue weighted by molar-refractivity contribution is 5.91. The van der Waals surface area contributed by atoms with Gasteiger partial charge in [0.15, 0.2) is 5.82 Å². The van der Waals surface area contributed by atoms with Crippen LogP contribution in [0.2, 0.25) is 0 Å². The first-order chi connectivity index (χ1) is 9.15. The lowest BCUT2D eigenvalue weighted by Crippen LogP contribution is -2.34. The van der Waals surface area contributed by atoms with E-state index in [-0.39, 0.29) is 5.91 Å². The molecule has 0 bridgehead atoms. The highest BCUT2D eigenvalue weighted by Gasteiger charge is 2.40. The molecule has 1 aromatic heterocycles. The van der Waals surface area contributed by atoms with Crippen LogP contribution >= 0.6 is 0 Å². The van der Waals surface area contributed by atoms with Gasteiger partial charge in [0.25, 0.3) is 0 Å². The molecule has 2 fully saturated rings. The van der Waals surface area contributed by atoms with Crippen molar-refractivity contribution in [2.75, 3.05) is 38.0 Å². The molecule has 0 radical (unpaired) electrons. The van der Waals surface area contributed by atoms with E-state index in [1.165, 1.54) is 12.8 Å². The molecule has 1 unspecified atom stereocenters. The van der Waals surface area contributed by atoms with Gasteiger partial charge in [-0.2, -0.15) is 0 Å². The quantitative estimate of drug-likeness (QED) is 0.837. The second kappa shape index (κ2) is 4.94. The number of rotatable bonds is 3. The molecule has 6 heteroatoms. The Morgan fingerprint density at radius 3 is 3.21 bits per heavy atom. The van der Waals surface area contributed by atoms with E-state index >= 15 is 0 Å². The lowest BCUT2D eigenvalue weighted by atomic mass is 9.87. The van der Waals surface area contributed by atoms with Gasteiger partial charge in [0.05, 0.1) is 6.54 Å². The number of aromatic nitrogens is 1. The van der Waals surface area contributed by atoms with Gasteiger partial charge < -0.3 is 15.2 Å². The van der Waals surface area contributed by atoms with Crippen LogP contribution in [0.4, 0.5) is 5.82 Å². The largest absolute Gasteiger partial charge is 0.360 e. The van der Waals surface area contributed by atoms with E-state index in [0.717, 1.165) is 26.2 Å². The summed E-state index contributed by atoms with van der Waals surface area (Å²) in [7, 11) is 0. The number of carbonyl (C=O) groups excluding carboxylic acids is 1. The summed E-state index contributed by atoms with van der Waals surface area (Å²) in [6, 6.07) is 1.73. The Morgan fingerprint density at radius 2 is 2.53 bits per heavy atom. The number of anilines is 1. The zero-order valence-corrected chi connectivity index (χ0v) is 11.2. The first-order valence-electron chi connectivity index (χ1n) is 6.82. The van der Waals surface area contributed by atoms with Crippen LogP contribution in [0.25, 0.3) is 0 Å². The van der Waals surface area contributed by atoms with Gasteiger partial charge in [0.1, 0.15) is 5.76 Å². The lowest BCUT2D eigenvalue weighted by Gasteiger charge is -2.22. The third-order valence-electron chi connectivity index (χ3n) is 4.11. The number of carbonyl (C=O) groups is 1. The topological polar surface area (TPSA) is 70.4 Å². The van der Waals surface area contributed by atoms with Gasteiger partial charge in [-0.3, -0.25) is 9.69 Å². The molecule has 1 atom stereocenters. The number of hydrogen-bond acceptors (Lipinski definition) is 5. The highest BCUT2D eigenvalue weighted by atomic mass is 16.5. The molecule has 2 aliphatic heterocycles. The van der Waals surface area contributed by atoms with Crippen LogP contribution < -0.4 is 10.6 Å². The third kappa shape index (κ3) is 2.79. The molecule has 104 valence electrons. The van der Waals surface area contributed by atoms with Crippen molar-refractivity contribution in [3.63, 3.8) is 0 Å². The average Bonchev–Trinajstić information content (AvgIpc) is 3.05. The van der Waals surface area contributed by atoms with Gasteiger partial charge in [-0.15, -0.1) is 0 Å². The Labute approximate surface area is 112 Å². The SMILES string of the molecule is Cc1cc(NC(=O)CN2CCC3(CCNC3)C2)no1. The minimum Gasteiger partial charge on any atom is -0.360 e. The van der Waals surface area contributed by atoms with Crippen LogP contribution in [0.3, 0.4) is 0 Å². The monoisotopic (exact) mass is 264 g/mol. The maximum atomic E-state index is 11.9. The molecule has 6 nitrogen and oxygen atoms in total. The lowest BCUT2D eigenvalue weighted by molar-refractivity contribution is -0.117. The predicted octanol–water partition coefficient (Wildman–Crippen LogP) is 0.607. The highest BCUT2D eigenvalue weighted by Crippen LogP contribution is 2.35. The van der Waals surface area contributed by atoms with Crippen LogP contribution in [0.1, 0.15) is 18.6 Å². The van der Waals surface area contributed by atoms with Gasteiger partial charge in [0, 0.05) is 19.2 Å². The van der Waals surface area contributed by atoms with E-state index in [2.05, 4.69) is 20.7 Å². The molecule has 3 rings (SSSR count). The van der Waals surface area contributed by atoms with Crippen LogP contribution in [0.15, 0.2) is 10.6 Å². The van der Waals surface area contributed by atoms with Crippen molar-refractivity contribution in [3.8, 4) is 0 Å². The number of likely N-dealkylation sites (tertiary alicyclic amines) is 1. The average molecular weight is 264 g/mol. The Kier molecular flexibility index (Phi) is 3.28. The molecule has 2 N–H and O–H groups in total. The maximum Gasteiger partial charge on any atom is 0.239 e. The number of amides is 1. The Morgan fingerprint density at radius 1 is 1.63 bits per heavy atom. The van der Waals surface area contributed by atoms with Gasteiger partial charge in [-0.25, -0.2) is 0 Å². The Hall–Kier alpha value is -1.40. The van der Waals surface area contributed by atoms with Crippen LogP contribution in [-0.4, -0.2) is 48.7 Å². The van der Waals surface area contributed by atoms with E-state index in [1.807, 2.05) is 0 Å². The summed E-state index contributed by atoms with van der Waals surface area (Å²) < 4.78 is 4.92. The minimum absolute atomic E-state index is 0.0173. The van der Waals surface area contributed by atoms with E-state index < -0.39 is 0 Å². The molecule has 1 amide bonds. The smallest absolute Gasteiger partial charge is 0.239 e.